The second-order valence-corrected chi connectivity index (χ2v) is 3.32. The molecule has 3 N–H and O–H groups in total. The van der Waals surface area contributed by atoms with Crippen LogP contribution in [0.15, 0.2) is 36.6 Å². The van der Waals surface area contributed by atoms with E-state index in [2.05, 4.69) is 0 Å². The number of benzene rings is 1. The van der Waals surface area contributed by atoms with Gasteiger partial charge in [0, 0.05) is 5.56 Å². The molecule has 0 saturated heterocycles. The molecular weight excluding hydrogens is 202 g/mol. The summed E-state index contributed by atoms with van der Waals surface area (Å²) in [4.78, 5) is 0. The Morgan fingerprint density at radius 2 is 2.25 bits per heavy atom. The van der Waals surface area contributed by atoms with Gasteiger partial charge >= 0.3 is 0 Å². The van der Waals surface area contributed by atoms with E-state index >= 15 is 0 Å². The summed E-state index contributed by atoms with van der Waals surface area (Å²) in [6.07, 6.45) is 5.08. The van der Waals surface area contributed by atoms with E-state index in [1.165, 1.54) is 6.20 Å². The molecule has 0 amide bonds. The number of nitrogens with two attached hydrogens (primary N) is 1. The summed E-state index contributed by atoms with van der Waals surface area (Å²) in [5.41, 5.74) is 7.14. The molecule has 0 bridgehead atoms. The second-order valence-electron chi connectivity index (χ2n) is 3.32. The summed E-state index contributed by atoms with van der Waals surface area (Å²) >= 11 is 0. The van der Waals surface area contributed by atoms with Crippen molar-refractivity contribution in [3.05, 3.63) is 42.1 Å². The molecule has 0 fully saturated rings. The van der Waals surface area contributed by atoms with Crippen LogP contribution in [0.25, 0.3) is 5.57 Å². The van der Waals surface area contributed by atoms with Crippen molar-refractivity contribution in [1.29, 1.82) is 0 Å². The summed E-state index contributed by atoms with van der Waals surface area (Å²) in [6, 6.07) is 5.30. The zero-order valence-corrected chi connectivity index (χ0v) is 9.60. The normalized spacial score (nSPS) is 12.0. The molecule has 0 aromatic heterocycles. The average molecular weight is 219 g/mol. The Labute approximate surface area is 95.9 Å². The molecule has 3 heteroatoms. The minimum absolute atomic E-state index is 0.156. The van der Waals surface area contributed by atoms with E-state index in [1.54, 1.807) is 18.2 Å². The van der Waals surface area contributed by atoms with Crippen molar-refractivity contribution >= 4 is 5.57 Å². The molecule has 86 valence electrons. The highest BCUT2D eigenvalue weighted by molar-refractivity contribution is 5.72. The van der Waals surface area contributed by atoms with Gasteiger partial charge in [-0.1, -0.05) is 18.2 Å². The number of phenolic OH excluding ortho intramolecular Hbond substituents is 1. The lowest BCUT2D eigenvalue weighted by Crippen LogP contribution is -1.95. The first kappa shape index (κ1) is 12.2. The molecule has 1 aromatic rings. The number of phenols is 1. The third-order valence-corrected chi connectivity index (χ3v) is 2.17. The number of rotatable bonds is 4. The first-order valence-corrected chi connectivity index (χ1v) is 5.21. The quantitative estimate of drug-likeness (QED) is 0.765. The number of ether oxygens (including phenoxy) is 1. The van der Waals surface area contributed by atoms with Gasteiger partial charge in [0.2, 0.25) is 0 Å². The molecular formula is C13H17NO2. The van der Waals surface area contributed by atoms with E-state index in [0.717, 1.165) is 11.1 Å². The number of hydrogen-bond donors (Lipinski definition) is 2. The lowest BCUT2D eigenvalue weighted by molar-refractivity contribution is 0.317. The second kappa shape index (κ2) is 5.85. The lowest BCUT2D eigenvalue weighted by atomic mass is 10.1. The SMILES string of the molecule is CCOc1c(O)cccc1/C(C)=C/C=C/N. The highest BCUT2D eigenvalue weighted by Crippen LogP contribution is 2.34. The molecule has 0 heterocycles. The van der Waals surface area contributed by atoms with Crippen LogP contribution in [0.5, 0.6) is 11.5 Å². The van der Waals surface area contributed by atoms with Gasteiger partial charge in [-0.05, 0) is 37.8 Å². The topological polar surface area (TPSA) is 55.5 Å². The Morgan fingerprint density at radius 3 is 2.88 bits per heavy atom. The fourth-order valence-electron chi connectivity index (χ4n) is 1.42. The zero-order chi connectivity index (χ0) is 12.0. The Bertz CT molecular complexity index is 408. The van der Waals surface area contributed by atoms with E-state index in [-0.39, 0.29) is 5.75 Å². The van der Waals surface area contributed by atoms with E-state index in [1.807, 2.05) is 26.0 Å². The maximum atomic E-state index is 9.70. The molecule has 0 atom stereocenters. The van der Waals surface area contributed by atoms with E-state index in [0.29, 0.717) is 12.4 Å². The summed E-state index contributed by atoms with van der Waals surface area (Å²) in [6.45, 7) is 4.34. The van der Waals surface area contributed by atoms with Crippen LogP contribution in [-0.4, -0.2) is 11.7 Å². The molecule has 0 aliphatic carbocycles. The van der Waals surface area contributed by atoms with Gasteiger partial charge in [-0.2, -0.15) is 0 Å². The maximum absolute atomic E-state index is 9.70. The Hall–Kier alpha value is -1.90. The minimum Gasteiger partial charge on any atom is -0.504 e. The third-order valence-electron chi connectivity index (χ3n) is 2.17. The van der Waals surface area contributed by atoms with E-state index < -0.39 is 0 Å². The van der Waals surface area contributed by atoms with Crippen molar-refractivity contribution in [2.75, 3.05) is 6.61 Å². The van der Waals surface area contributed by atoms with Crippen molar-refractivity contribution in [2.45, 2.75) is 13.8 Å². The molecule has 3 nitrogen and oxygen atoms in total. The lowest BCUT2D eigenvalue weighted by Gasteiger charge is -2.11. The molecule has 1 rings (SSSR count). The van der Waals surface area contributed by atoms with Crippen LogP contribution in [-0.2, 0) is 0 Å². The fraction of sp³-hybridized carbons (Fsp3) is 0.231. The summed E-state index contributed by atoms with van der Waals surface area (Å²) in [5.74, 6) is 0.674. The molecule has 0 aliphatic rings. The number of allylic oxidation sites excluding steroid dienone is 3. The van der Waals surface area contributed by atoms with Crippen LogP contribution < -0.4 is 10.5 Å². The molecule has 0 aliphatic heterocycles. The molecule has 0 unspecified atom stereocenters. The van der Waals surface area contributed by atoms with Gasteiger partial charge in [0.25, 0.3) is 0 Å². The van der Waals surface area contributed by atoms with Crippen LogP contribution in [0, 0.1) is 0 Å². The molecule has 0 radical (unpaired) electrons. The molecule has 0 saturated carbocycles. The van der Waals surface area contributed by atoms with Gasteiger partial charge < -0.3 is 15.6 Å². The standard InChI is InChI=1S/C13H17NO2/c1-3-16-13-11(7-4-8-12(13)15)10(2)6-5-9-14/h4-9,15H,3,14H2,1-2H3/b9-5+,10-6+. The zero-order valence-electron chi connectivity index (χ0n) is 9.60. The number of aromatic hydroxyl groups is 1. The van der Waals surface area contributed by atoms with E-state index in [9.17, 15) is 5.11 Å². The maximum Gasteiger partial charge on any atom is 0.168 e. The third kappa shape index (κ3) is 2.79. The van der Waals surface area contributed by atoms with Crippen molar-refractivity contribution < 1.29 is 9.84 Å². The van der Waals surface area contributed by atoms with Gasteiger partial charge in [-0.3, -0.25) is 0 Å². The summed E-state index contributed by atoms with van der Waals surface area (Å²) in [5, 5.41) is 9.70. The highest BCUT2D eigenvalue weighted by atomic mass is 16.5. The van der Waals surface area contributed by atoms with Crippen LogP contribution in [0.1, 0.15) is 19.4 Å². The van der Waals surface area contributed by atoms with Gasteiger partial charge in [-0.25, -0.2) is 0 Å². The van der Waals surface area contributed by atoms with Gasteiger partial charge in [0.05, 0.1) is 6.61 Å². The van der Waals surface area contributed by atoms with Crippen LogP contribution in [0.3, 0.4) is 0 Å². The molecule has 0 spiro atoms. The molecule has 16 heavy (non-hydrogen) atoms. The fourth-order valence-corrected chi connectivity index (χ4v) is 1.42. The predicted molar refractivity (Wildman–Crippen MR) is 66.3 cm³/mol. The number of hydrogen-bond acceptors (Lipinski definition) is 3. The first-order valence-electron chi connectivity index (χ1n) is 5.21. The molecule has 1 aromatic carbocycles. The van der Waals surface area contributed by atoms with Crippen LogP contribution >= 0.6 is 0 Å². The predicted octanol–water partition coefficient (Wildman–Crippen LogP) is 2.67. The number of para-hydroxylation sites is 1. The summed E-state index contributed by atoms with van der Waals surface area (Å²) in [7, 11) is 0. The van der Waals surface area contributed by atoms with Crippen molar-refractivity contribution in [1.82, 2.24) is 0 Å². The van der Waals surface area contributed by atoms with Gasteiger partial charge in [0.15, 0.2) is 11.5 Å². The monoisotopic (exact) mass is 219 g/mol. The van der Waals surface area contributed by atoms with Crippen LogP contribution in [0.4, 0.5) is 0 Å². The van der Waals surface area contributed by atoms with Crippen LogP contribution in [0.2, 0.25) is 0 Å². The highest BCUT2D eigenvalue weighted by Gasteiger charge is 2.09. The summed E-state index contributed by atoms with van der Waals surface area (Å²) < 4.78 is 5.42. The van der Waals surface area contributed by atoms with Crippen molar-refractivity contribution in [3.8, 4) is 11.5 Å². The minimum atomic E-state index is 0.156. The first-order chi connectivity index (χ1) is 7.70. The largest absolute Gasteiger partial charge is 0.504 e. The Morgan fingerprint density at radius 1 is 1.50 bits per heavy atom. The Kier molecular flexibility index (Phi) is 4.45. The van der Waals surface area contributed by atoms with Gasteiger partial charge in [-0.15, -0.1) is 0 Å². The average Bonchev–Trinajstić information content (AvgIpc) is 2.29. The Balaban J connectivity index is 3.16. The van der Waals surface area contributed by atoms with Gasteiger partial charge in [0.1, 0.15) is 0 Å². The van der Waals surface area contributed by atoms with Crippen molar-refractivity contribution in [2.24, 2.45) is 5.73 Å². The van der Waals surface area contributed by atoms with Crippen molar-refractivity contribution in [3.63, 3.8) is 0 Å². The van der Waals surface area contributed by atoms with E-state index in [4.69, 9.17) is 10.5 Å². The smallest absolute Gasteiger partial charge is 0.168 e.